The molecule has 1 aliphatic rings. The van der Waals surface area contributed by atoms with Crippen LogP contribution in [0.2, 0.25) is 0 Å². The Morgan fingerprint density at radius 1 is 1.44 bits per heavy atom. The number of nitrogens with one attached hydrogen (secondary N) is 1. The highest BCUT2D eigenvalue weighted by atomic mass is 19.1. The molecule has 1 aromatic carbocycles. The second kappa shape index (κ2) is 4.78. The molecule has 1 atom stereocenters. The van der Waals surface area contributed by atoms with Crippen molar-refractivity contribution in [1.29, 1.82) is 0 Å². The van der Waals surface area contributed by atoms with E-state index in [4.69, 9.17) is 4.74 Å². The Hall–Kier alpha value is -1.16. The summed E-state index contributed by atoms with van der Waals surface area (Å²) in [6, 6.07) is 2.50. The van der Waals surface area contributed by atoms with Gasteiger partial charge in [0.1, 0.15) is 5.82 Å². The average Bonchev–Trinajstić information content (AvgIpc) is 2.70. The summed E-state index contributed by atoms with van der Waals surface area (Å²) in [6.45, 7) is 0.977. The Bertz CT molecular complexity index is 376. The Kier molecular flexibility index (Phi) is 3.39. The van der Waals surface area contributed by atoms with Crippen LogP contribution < -0.4 is 10.1 Å². The zero-order chi connectivity index (χ0) is 11.5. The second-order valence-corrected chi connectivity index (χ2v) is 4.08. The molecule has 0 spiro atoms. The molecule has 88 valence electrons. The molecule has 1 N–H and O–H groups in total. The lowest BCUT2D eigenvalue weighted by Crippen LogP contribution is -2.24. The predicted octanol–water partition coefficient (Wildman–Crippen LogP) is 2.27. The molecule has 1 saturated heterocycles. The zero-order valence-corrected chi connectivity index (χ0v) is 9.22. The summed E-state index contributed by atoms with van der Waals surface area (Å²) in [4.78, 5) is 0. The minimum absolute atomic E-state index is 0.162. The Balaban J connectivity index is 2.23. The van der Waals surface area contributed by atoms with E-state index in [-0.39, 0.29) is 5.75 Å². The first-order chi connectivity index (χ1) is 7.70. The molecule has 0 saturated carbocycles. The molecule has 16 heavy (non-hydrogen) atoms. The summed E-state index contributed by atoms with van der Waals surface area (Å²) in [5.41, 5.74) is 0.597. The van der Waals surface area contributed by atoms with Gasteiger partial charge in [0.05, 0.1) is 7.11 Å². The topological polar surface area (TPSA) is 21.3 Å². The first-order valence-corrected chi connectivity index (χ1v) is 5.46. The first kappa shape index (κ1) is 11.3. The summed E-state index contributed by atoms with van der Waals surface area (Å²) in [5.74, 6) is -1.02. The number of halogens is 2. The monoisotopic (exact) mass is 227 g/mol. The third-order valence-corrected chi connectivity index (χ3v) is 2.92. The van der Waals surface area contributed by atoms with Crippen molar-refractivity contribution in [3.8, 4) is 5.75 Å². The fourth-order valence-electron chi connectivity index (χ4n) is 2.19. The number of hydrogen-bond donors (Lipinski definition) is 1. The highest BCUT2D eigenvalue weighted by Gasteiger charge is 2.19. The molecule has 2 rings (SSSR count). The van der Waals surface area contributed by atoms with Crippen LogP contribution in [0.4, 0.5) is 8.78 Å². The largest absolute Gasteiger partial charge is 0.493 e. The molecular formula is C12H15F2NO. The molecule has 0 bridgehead atoms. The van der Waals surface area contributed by atoms with Crippen molar-refractivity contribution >= 4 is 0 Å². The fraction of sp³-hybridized carbons (Fsp3) is 0.500. The third kappa shape index (κ3) is 2.32. The van der Waals surface area contributed by atoms with E-state index in [1.807, 2.05) is 0 Å². The van der Waals surface area contributed by atoms with Crippen molar-refractivity contribution in [2.24, 2.45) is 0 Å². The van der Waals surface area contributed by atoms with Crippen molar-refractivity contribution in [3.05, 3.63) is 29.3 Å². The van der Waals surface area contributed by atoms with Gasteiger partial charge in [-0.25, -0.2) is 8.78 Å². The SMILES string of the molecule is COc1c(F)cc(F)cc1CC1CCCN1. The molecule has 1 unspecified atom stereocenters. The van der Waals surface area contributed by atoms with Gasteiger partial charge >= 0.3 is 0 Å². The quantitative estimate of drug-likeness (QED) is 0.855. The van der Waals surface area contributed by atoms with E-state index in [9.17, 15) is 8.78 Å². The molecule has 1 aliphatic heterocycles. The number of benzene rings is 1. The molecule has 1 aromatic rings. The number of methoxy groups -OCH3 is 1. The standard InChI is InChI=1S/C12H15F2NO/c1-16-12-8(5-9(13)7-11(12)14)6-10-3-2-4-15-10/h5,7,10,15H,2-4,6H2,1H3. The first-order valence-electron chi connectivity index (χ1n) is 5.46. The van der Waals surface area contributed by atoms with Crippen LogP contribution in [0.15, 0.2) is 12.1 Å². The molecule has 1 fully saturated rings. The second-order valence-electron chi connectivity index (χ2n) is 4.08. The molecular weight excluding hydrogens is 212 g/mol. The molecule has 0 aliphatic carbocycles. The van der Waals surface area contributed by atoms with Crippen molar-refractivity contribution < 1.29 is 13.5 Å². The lowest BCUT2D eigenvalue weighted by Gasteiger charge is -2.14. The lowest BCUT2D eigenvalue weighted by atomic mass is 10.0. The van der Waals surface area contributed by atoms with Gasteiger partial charge in [-0.15, -0.1) is 0 Å². The van der Waals surface area contributed by atoms with E-state index in [1.54, 1.807) is 0 Å². The maximum absolute atomic E-state index is 13.4. The number of ether oxygens (including phenoxy) is 1. The van der Waals surface area contributed by atoms with Crippen LogP contribution in [0.5, 0.6) is 5.75 Å². The van der Waals surface area contributed by atoms with Crippen molar-refractivity contribution in [1.82, 2.24) is 5.32 Å². The number of hydrogen-bond acceptors (Lipinski definition) is 2. The maximum atomic E-state index is 13.4. The van der Waals surface area contributed by atoms with Gasteiger partial charge in [-0.3, -0.25) is 0 Å². The van der Waals surface area contributed by atoms with Crippen molar-refractivity contribution in [2.75, 3.05) is 13.7 Å². The van der Waals surface area contributed by atoms with E-state index in [0.717, 1.165) is 25.5 Å². The summed E-state index contributed by atoms with van der Waals surface area (Å²) in [7, 11) is 1.40. The van der Waals surface area contributed by atoms with Gasteiger partial charge in [0.2, 0.25) is 0 Å². The lowest BCUT2D eigenvalue weighted by molar-refractivity contribution is 0.376. The molecule has 1 heterocycles. The van der Waals surface area contributed by atoms with Crippen LogP contribution in [-0.2, 0) is 6.42 Å². The van der Waals surface area contributed by atoms with Crippen LogP contribution in [0.1, 0.15) is 18.4 Å². The fourth-order valence-corrected chi connectivity index (χ4v) is 2.19. The highest BCUT2D eigenvalue weighted by molar-refractivity contribution is 5.36. The number of rotatable bonds is 3. The van der Waals surface area contributed by atoms with Gasteiger partial charge in [0.15, 0.2) is 11.6 Å². The summed E-state index contributed by atoms with van der Waals surface area (Å²) in [5, 5.41) is 3.29. The van der Waals surface area contributed by atoms with Crippen LogP contribution in [0.3, 0.4) is 0 Å². The average molecular weight is 227 g/mol. The predicted molar refractivity (Wildman–Crippen MR) is 57.6 cm³/mol. The van der Waals surface area contributed by atoms with Crippen LogP contribution in [0, 0.1) is 11.6 Å². The van der Waals surface area contributed by atoms with Crippen LogP contribution in [-0.4, -0.2) is 19.7 Å². The third-order valence-electron chi connectivity index (χ3n) is 2.92. The Labute approximate surface area is 93.6 Å². The maximum Gasteiger partial charge on any atom is 0.168 e. The van der Waals surface area contributed by atoms with Gasteiger partial charge < -0.3 is 10.1 Å². The van der Waals surface area contributed by atoms with Gasteiger partial charge in [-0.2, -0.15) is 0 Å². The molecule has 2 nitrogen and oxygen atoms in total. The minimum Gasteiger partial charge on any atom is -0.493 e. The van der Waals surface area contributed by atoms with E-state index in [0.29, 0.717) is 18.0 Å². The Morgan fingerprint density at radius 2 is 2.25 bits per heavy atom. The molecule has 0 radical (unpaired) electrons. The summed E-state index contributed by atoms with van der Waals surface area (Å²) < 4.78 is 31.5. The van der Waals surface area contributed by atoms with E-state index in [1.165, 1.54) is 13.2 Å². The normalized spacial score (nSPS) is 20.1. The van der Waals surface area contributed by atoms with Crippen molar-refractivity contribution in [3.63, 3.8) is 0 Å². The summed E-state index contributed by atoms with van der Waals surface area (Å²) >= 11 is 0. The van der Waals surface area contributed by atoms with Crippen LogP contribution in [0.25, 0.3) is 0 Å². The smallest absolute Gasteiger partial charge is 0.168 e. The molecule has 0 amide bonds. The Morgan fingerprint density at radius 3 is 2.88 bits per heavy atom. The van der Waals surface area contributed by atoms with E-state index in [2.05, 4.69) is 5.32 Å². The van der Waals surface area contributed by atoms with E-state index < -0.39 is 11.6 Å². The highest BCUT2D eigenvalue weighted by Crippen LogP contribution is 2.26. The van der Waals surface area contributed by atoms with Crippen LogP contribution >= 0.6 is 0 Å². The van der Waals surface area contributed by atoms with Gasteiger partial charge in [0.25, 0.3) is 0 Å². The van der Waals surface area contributed by atoms with E-state index >= 15 is 0 Å². The minimum atomic E-state index is -0.629. The molecule has 0 aromatic heterocycles. The van der Waals surface area contributed by atoms with Gasteiger partial charge in [0, 0.05) is 17.7 Å². The zero-order valence-electron chi connectivity index (χ0n) is 9.22. The van der Waals surface area contributed by atoms with Gasteiger partial charge in [-0.1, -0.05) is 0 Å². The van der Waals surface area contributed by atoms with Gasteiger partial charge in [-0.05, 0) is 31.9 Å². The van der Waals surface area contributed by atoms with Crippen molar-refractivity contribution in [2.45, 2.75) is 25.3 Å². The summed E-state index contributed by atoms with van der Waals surface area (Å²) in [6.07, 6.45) is 2.77. The molecule has 4 heteroatoms.